The van der Waals surface area contributed by atoms with Crippen LogP contribution in [0.5, 0.6) is 5.75 Å². The number of halogens is 2. The molecule has 0 saturated heterocycles. The number of carbonyl (C=O) groups is 2. The van der Waals surface area contributed by atoms with Crippen LogP contribution in [0.3, 0.4) is 0 Å². The first kappa shape index (κ1) is 18.1. The van der Waals surface area contributed by atoms with E-state index >= 15 is 0 Å². The molecule has 0 aromatic heterocycles. The maximum atomic E-state index is 12.2. The molecular weight excluding hydrogens is 353 g/mol. The van der Waals surface area contributed by atoms with E-state index in [1.165, 1.54) is 25.3 Å². The molecule has 0 unspecified atom stereocenters. The molecule has 2 N–H and O–H groups in total. The lowest BCUT2D eigenvalue weighted by molar-refractivity contribution is 0.0696. The molecule has 0 saturated carbocycles. The third-order valence-electron chi connectivity index (χ3n) is 3.39. The van der Waals surface area contributed by atoms with Crippen LogP contribution in [-0.2, 0) is 6.42 Å². The van der Waals surface area contributed by atoms with Gasteiger partial charge in [-0.3, -0.25) is 4.79 Å². The van der Waals surface area contributed by atoms with Crippen molar-refractivity contribution in [3.8, 4) is 5.75 Å². The summed E-state index contributed by atoms with van der Waals surface area (Å²) in [6.07, 6.45) is 0.466. The number of carboxylic acids is 1. The molecule has 2 aromatic carbocycles. The summed E-state index contributed by atoms with van der Waals surface area (Å²) in [5.74, 6) is -0.918. The SMILES string of the molecule is COc1ccc(Cl)cc1C(=O)NCCc1ccc(C(=O)O)cc1Cl. The molecule has 7 heteroatoms. The molecule has 0 bridgehead atoms. The Balaban J connectivity index is 2.01. The molecule has 0 spiro atoms. The van der Waals surface area contributed by atoms with Crippen molar-refractivity contribution in [3.05, 3.63) is 63.1 Å². The summed E-state index contributed by atoms with van der Waals surface area (Å²) in [6, 6.07) is 9.30. The number of amides is 1. The molecule has 0 atom stereocenters. The van der Waals surface area contributed by atoms with E-state index in [-0.39, 0.29) is 11.5 Å². The van der Waals surface area contributed by atoms with E-state index in [0.717, 1.165) is 5.56 Å². The van der Waals surface area contributed by atoms with Crippen LogP contribution in [-0.4, -0.2) is 30.6 Å². The Labute approximate surface area is 149 Å². The van der Waals surface area contributed by atoms with Crippen molar-refractivity contribution in [3.63, 3.8) is 0 Å². The number of methoxy groups -OCH3 is 1. The lowest BCUT2D eigenvalue weighted by Gasteiger charge is -2.10. The van der Waals surface area contributed by atoms with Gasteiger partial charge in [0, 0.05) is 16.6 Å². The third-order valence-corrected chi connectivity index (χ3v) is 3.97. The summed E-state index contributed by atoms with van der Waals surface area (Å²) >= 11 is 12.0. The highest BCUT2D eigenvalue weighted by atomic mass is 35.5. The van der Waals surface area contributed by atoms with Crippen LogP contribution in [0.25, 0.3) is 0 Å². The first-order valence-corrected chi connectivity index (χ1v) is 7.81. The number of aromatic carboxylic acids is 1. The highest BCUT2D eigenvalue weighted by Crippen LogP contribution is 2.22. The summed E-state index contributed by atoms with van der Waals surface area (Å²) in [5.41, 5.74) is 1.22. The van der Waals surface area contributed by atoms with Crippen molar-refractivity contribution in [2.75, 3.05) is 13.7 Å². The number of hydrogen-bond acceptors (Lipinski definition) is 3. The minimum atomic E-state index is -1.04. The summed E-state index contributed by atoms with van der Waals surface area (Å²) in [4.78, 5) is 23.1. The van der Waals surface area contributed by atoms with Crippen molar-refractivity contribution < 1.29 is 19.4 Å². The van der Waals surface area contributed by atoms with Gasteiger partial charge in [-0.2, -0.15) is 0 Å². The fourth-order valence-corrected chi connectivity index (χ4v) is 2.59. The van der Waals surface area contributed by atoms with Gasteiger partial charge in [-0.1, -0.05) is 29.3 Å². The Morgan fingerprint density at radius 3 is 2.54 bits per heavy atom. The summed E-state index contributed by atoms with van der Waals surface area (Å²) in [5, 5.41) is 12.5. The number of rotatable bonds is 6. The van der Waals surface area contributed by atoms with Crippen LogP contribution in [0.15, 0.2) is 36.4 Å². The minimum absolute atomic E-state index is 0.122. The summed E-state index contributed by atoms with van der Waals surface area (Å²) in [6.45, 7) is 0.334. The lowest BCUT2D eigenvalue weighted by atomic mass is 10.1. The van der Waals surface area contributed by atoms with Crippen molar-refractivity contribution >= 4 is 35.1 Å². The normalized spacial score (nSPS) is 10.3. The van der Waals surface area contributed by atoms with E-state index in [2.05, 4.69) is 5.32 Å². The summed E-state index contributed by atoms with van der Waals surface area (Å²) < 4.78 is 5.14. The molecule has 0 aliphatic heterocycles. The highest BCUT2D eigenvalue weighted by Gasteiger charge is 2.13. The standard InChI is InChI=1S/C17H15Cl2NO4/c1-24-15-5-4-12(18)9-13(15)16(21)20-7-6-10-2-3-11(17(22)23)8-14(10)19/h2-5,8-9H,6-7H2,1H3,(H,20,21)(H,22,23). The number of carbonyl (C=O) groups excluding carboxylic acids is 1. The zero-order valence-electron chi connectivity index (χ0n) is 12.8. The van der Waals surface area contributed by atoms with E-state index in [9.17, 15) is 9.59 Å². The van der Waals surface area contributed by atoms with Gasteiger partial charge in [0.25, 0.3) is 5.91 Å². The molecule has 0 radical (unpaired) electrons. The van der Waals surface area contributed by atoms with Gasteiger partial charge in [-0.15, -0.1) is 0 Å². The van der Waals surface area contributed by atoms with Crippen LogP contribution >= 0.6 is 23.2 Å². The van der Waals surface area contributed by atoms with Crippen molar-refractivity contribution in [2.24, 2.45) is 0 Å². The van der Waals surface area contributed by atoms with Gasteiger partial charge in [-0.05, 0) is 42.3 Å². The highest BCUT2D eigenvalue weighted by molar-refractivity contribution is 6.31. The van der Waals surface area contributed by atoms with Crippen molar-refractivity contribution in [1.29, 1.82) is 0 Å². The van der Waals surface area contributed by atoms with E-state index < -0.39 is 5.97 Å². The number of carboxylic acid groups (broad SMARTS) is 1. The molecular formula is C17H15Cl2NO4. The average molecular weight is 368 g/mol. The second kappa shape index (κ2) is 8.04. The predicted molar refractivity (Wildman–Crippen MR) is 92.5 cm³/mol. The molecule has 24 heavy (non-hydrogen) atoms. The van der Waals surface area contributed by atoms with Gasteiger partial charge in [0.1, 0.15) is 5.75 Å². The van der Waals surface area contributed by atoms with Crippen molar-refractivity contribution in [2.45, 2.75) is 6.42 Å². The smallest absolute Gasteiger partial charge is 0.335 e. The molecule has 0 heterocycles. The largest absolute Gasteiger partial charge is 0.496 e. The molecule has 2 rings (SSSR count). The topological polar surface area (TPSA) is 75.6 Å². The Hall–Kier alpha value is -2.24. The molecule has 5 nitrogen and oxygen atoms in total. The number of nitrogens with one attached hydrogen (secondary N) is 1. The average Bonchev–Trinajstić information content (AvgIpc) is 2.55. The molecule has 0 aliphatic rings. The Kier molecular flexibility index (Phi) is 6.06. The van der Waals surface area contributed by atoms with Gasteiger partial charge >= 0.3 is 5.97 Å². The monoisotopic (exact) mass is 367 g/mol. The van der Waals surface area contributed by atoms with Gasteiger partial charge < -0.3 is 15.2 Å². The van der Waals surface area contributed by atoms with Gasteiger partial charge in [-0.25, -0.2) is 4.79 Å². The third kappa shape index (κ3) is 4.40. The maximum Gasteiger partial charge on any atom is 0.335 e. The van der Waals surface area contributed by atoms with Crippen LogP contribution < -0.4 is 10.1 Å². The fourth-order valence-electron chi connectivity index (χ4n) is 2.15. The first-order valence-electron chi connectivity index (χ1n) is 7.06. The Bertz CT molecular complexity index is 777. The van der Waals surface area contributed by atoms with Crippen LogP contribution in [0.4, 0.5) is 0 Å². The van der Waals surface area contributed by atoms with E-state index in [0.29, 0.717) is 34.3 Å². The molecule has 126 valence electrons. The van der Waals surface area contributed by atoms with Crippen LogP contribution in [0, 0.1) is 0 Å². The second-order valence-corrected chi connectivity index (χ2v) is 5.81. The minimum Gasteiger partial charge on any atom is -0.496 e. The van der Waals surface area contributed by atoms with Crippen molar-refractivity contribution in [1.82, 2.24) is 5.32 Å². The molecule has 0 aliphatic carbocycles. The van der Waals surface area contributed by atoms with Crippen LogP contribution in [0.2, 0.25) is 10.0 Å². The second-order valence-electron chi connectivity index (χ2n) is 4.96. The maximum absolute atomic E-state index is 12.2. The molecule has 1 amide bonds. The van der Waals surface area contributed by atoms with E-state index in [1.807, 2.05) is 0 Å². The number of hydrogen-bond donors (Lipinski definition) is 2. The number of ether oxygens (including phenoxy) is 1. The number of benzene rings is 2. The zero-order valence-corrected chi connectivity index (χ0v) is 14.3. The van der Waals surface area contributed by atoms with Gasteiger partial charge in [0.15, 0.2) is 0 Å². The van der Waals surface area contributed by atoms with Crippen LogP contribution in [0.1, 0.15) is 26.3 Å². The van der Waals surface area contributed by atoms with E-state index in [4.69, 9.17) is 33.0 Å². The van der Waals surface area contributed by atoms with E-state index in [1.54, 1.807) is 18.2 Å². The first-order chi connectivity index (χ1) is 11.4. The van der Waals surface area contributed by atoms with Gasteiger partial charge in [0.2, 0.25) is 0 Å². The Morgan fingerprint density at radius 2 is 1.92 bits per heavy atom. The lowest BCUT2D eigenvalue weighted by Crippen LogP contribution is -2.26. The molecule has 0 fully saturated rings. The fraction of sp³-hybridized carbons (Fsp3) is 0.176. The predicted octanol–water partition coefficient (Wildman–Crippen LogP) is 3.67. The van der Waals surface area contributed by atoms with Gasteiger partial charge in [0.05, 0.1) is 18.2 Å². The Morgan fingerprint density at radius 1 is 1.17 bits per heavy atom. The quantitative estimate of drug-likeness (QED) is 0.816. The molecule has 2 aromatic rings. The summed E-state index contributed by atoms with van der Waals surface area (Å²) in [7, 11) is 1.48. The zero-order chi connectivity index (χ0) is 17.7.